The van der Waals surface area contributed by atoms with Crippen LogP contribution in [0.5, 0.6) is 28.7 Å². The third-order valence-electron chi connectivity index (χ3n) is 3.36. The molecule has 0 heterocycles. The van der Waals surface area contributed by atoms with E-state index in [0.29, 0.717) is 17.1 Å². The highest BCUT2D eigenvalue weighted by molar-refractivity contribution is 5.89. The number of carbonyl (C=O) groups is 1. The molecule has 6 nitrogen and oxygen atoms in total. The molecule has 144 valence electrons. The molecular weight excluding hydrogens is 362 g/mol. The van der Waals surface area contributed by atoms with Gasteiger partial charge in [0.25, 0.3) is 0 Å². The molecule has 0 bridgehead atoms. The number of hydrogen-bond donors (Lipinski definition) is 0. The van der Waals surface area contributed by atoms with Crippen molar-refractivity contribution in [3.05, 3.63) is 48.0 Å². The van der Waals surface area contributed by atoms with E-state index in [1.807, 2.05) is 0 Å². The molecule has 0 spiro atoms. The first-order valence-electron chi connectivity index (χ1n) is 7.71. The van der Waals surface area contributed by atoms with E-state index < -0.39 is 12.6 Å². The number of carbonyl (C=O) groups excluding carboxylic acids is 1. The second kappa shape index (κ2) is 9.42. The Morgan fingerprint density at radius 2 is 1.52 bits per heavy atom. The van der Waals surface area contributed by atoms with Crippen molar-refractivity contribution in [2.75, 3.05) is 21.3 Å². The lowest BCUT2D eigenvalue weighted by atomic mass is 10.2. The summed E-state index contributed by atoms with van der Waals surface area (Å²) in [6.07, 6.45) is 2.64. The molecule has 0 aliphatic rings. The summed E-state index contributed by atoms with van der Waals surface area (Å²) >= 11 is 0. The highest BCUT2D eigenvalue weighted by Crippen LogP contribution is 2.30. The van der Waals surface area contributed by atoms with Crippen molar-refractivity contribution in [2.45, 2.75) is 6.61 Å². The van der Waals surface area contributed by atoms with Crippen LogP contribution in [0.2, 0.25) is 0 Å². The summed E-state index contributed by atoms with van der Waals surface area (Å²) in [6.45, 7) is -2.96. The predicted molar refractivity (Wildman–Crippen MR) is 93.8 cm³/mol. The highest BCUT2D eigenvalue weighted by Gasteiger charge is 2.11. The number of alkyl halides is 2. The van der Waals surface area contributed by atoms with Gasteiger partial charge in [0, 0.05) is 24.3 Å². The van der Waals surface area contributed by atoms with E-state index >= 15 is 0 Å². The quantitative estimate of drug-likeness (QED) is 0.393. The Bertz CT molecular complexity index is 798. The normalized spacial score (nSPS) is 10.7. The molecule has 8 heteroatoms. The van der Waals surface area contributed by atoms with Crippen LogP contribution in [0.15, 0.2) is 42.5 Å². The number of esters is 1. The molecule has 0 aliphatic carbocycles. The Morgan fingerprint density at radius 1 is 0.889 bits per heavy atom. The molecule has 0 aromatic heterocycles. The van der Waals surface area contributed by atoms with Gasteiger partial charge in [0.1, 0.15) is 17.2 Å². The lowest BCUT2D eigenvalue weighted by Crippen LogP contribution is -2.04. The Hall–Kier alpha value is -3.29. The minimum Gasteiger partial charge on any atom is -0.496 e. The summed E-state index contributed by atoms with van der Waals surface area (Å²) in [5, 5.41) is 0. The summed E-state index contributed by atoms with van der Waals surface area (Å²) in [6, 6.07) is 8.99. The van der Waals surface area contributed by atoms with Crippen molar-refractivity contribution >= 4 is 12.0 Å². The van der Waals surface area contributed by atoms with Gasteiger partial charge in [0.05, 0.1) is 21.3 Å². The average Bonchev–Trinajstić information content (AvgIpc) is 2.66. The molecule has 0 aliphatic heterocycles. The van der Waals surface area contributed by atoms with Gasteiger partial charge in [-0.05, 0) is 23.8 Å². The Morgan fingerprint density at radius 3 is 2.07 bits per heavy atom. The molecule has 0 saturated carbocycles. The number of benzene rings is 2. The topological polar surface area (TPSA) is 63.2 Å². The molecule has 0 unspecified atom stereocenters. The van der Waals surface area contributed by atoms with Gasteiger partial charge in [-0.3, -0.25) is 0 Å². The van der Waals surface area contributed by atoms with Crippen LogP contribution in [0.3, 0.4) is 0 Å². The molecule has 2 aromatic carbocycles. The van der Waals surface area contributed by atoms with Crippen molar-refractivity contribution in [2.24, 2.45) is 0 Å². The minimum atomic E-state index is -2.96. The van der Waals surface area contributed by atoms with E-state index in [2.05, 4.69) is 4.74 Å². The zero-order chi connectivity index (χ0) is 19.8. The van der Waals surface area contributed by atoms with Crippen LogP contribution in [0.1, 0.15) is 5.56 Å². The van der Waals surface area contributed by atoms with Crippen LogP contribution in [-0.4, -0.2) is 33.9 Å². The van der Waals surface area contributed by atoms with Crippen molar-refractivity contribution < 1.29 is 37.3 Å². The van der Waals surface area contributed by atoms with E-state index in [0.717, 1.165) is 0 Å². The first-order valence-corrected chi connectivity index (χ1v) is 7.71. The van der Waals surface area contributed by atoms with E-state index in [1.165, 1.54) is 63.8 Å². The number of halogens is 2. The minimum absolute atomic E-state index is 0.101. The third-order valence-corrected chi connectivity index (χ3v) is 3.36. The Balaban J connectivity index is 2.10. The molecule has 27 heavy (non-hydrogen) atoms. The monoisotopic (exact) mass is 380 g/mol. The van der Waals surface area contributed by atoms with Gasteiger partial charge in [-0.25, -0.2) is 4.79 Å². The first kappa shape index (κ1) is 20.0. The molecule has 2 rings (SSSR count). The molecular formula is C19H18F2O6. The summed E-state index contributed by atoms with van der Waals surface area (Å²) in [7, 11) is 4.29. The lowest BCUT2D eigenvalue weighted by Gasteiger charge is -2.10. The maximum atomic E-state index is 12.3. The van der Waals surface area contributed by atoms with E-state index in [1.54, 1.807) is 6.07 Å². The molecule has 0 atom stereocenters. The average molecular weight is 380 g/mol. The van der Waals surface area contributed by atoms with Crippen molar-refractivity contribution in [3.8, 4) is 28.7 Å². The van der Waals surface area contributed by atoms with Gasteiger partial charge in [0.15, 0.2) is 11.5 Å². The van der Waals surface area contributed by atoms with E-state index in [-0.39, 0.29) is 17.2 Å². The molecule has 2 aromatic rings. The van der Waals surface area contributed by atoms with Gasteiger partial charge >= 0.3 is 12.6 Å². The summed E-state index contributed by atoms with van der Waals surface area (Å²) in [5.41, 5.74) is 0.536. The van der Waals surface area contributed by atoms with Crippen molar-refractivity contribution in [1.82, 2.24) is 0 Å². The van der Waals surface area contributed by atoms with Crippen LogP contribution in [0.25, 0.3) is 6.08 Å². The number of rotatable bonds is 8. The second-order valence-corrected chi connectivity index (χ2v) is 5.09. The summed E-state index contributed by atoms with van der Waals surface area (Å²) in [5.74, 6) is 0.566. The van der Waals surface area contributed by atoms with E-state index in [9.17, 15) is 13.6 Å². The van der Waals surface area contributed by atoms with Crippen LogP contribution in [0.4, 0.5) is 8.78 Å². The summed E-state index contributed by atoms with van der Waals surface area (Å²) < 4.78 is 49.4. The van der Waals surface area contributed by atoms with Crippen molar-refractivity contribution in [3.63, 3.8) is 0 Å². The molecule has 0 fully saturated rings. The maximum Gasteiger partial charge on any atom is 0.387 e. The SMILES string of the molecule is COc1cc(OC)cc(OC(=O)/C=C/c2ccc(OC(F)F)c(OC)c2)c1. The zero-order valence-corrected chi connectivity index (χ0v) is 14.9. The molecule has 0 saturated heterocycles. The molecule has 0 N–H and O–H groups in total. The van der Waals surface area contributed by atoms with E-state index in [4.69, 9.17) is 18.9 Å². The highest BCUT2D eigenvalue weighted by atomic mass is 19.3. The number of ether oxygens (including phenoxy) is 5. The van der Waals surface area contributed by atoms with Gasteiger partial charge < -0.3 is 23.7 Å². The predicted octanol–water partition coefficient (Wildman–Crippen LogP) is 3.93. The van der Waals surface area contributed by atoms with Gasteiger partial charge in [-0.15, -0.1) is 0 Å². The third kappa shape index (κ3) is 5.88. The lowest BCUT2D eigenvalue weighted by molar-refractivity contribution is -0.128. The largest absolute Gasteiger partial charge is 0.496 e. The standard InChI is InChI=1S/C19H18F2O6/c1-23-13-9-14(24-2)11-15(10-13)26-18(22)7-5-12-4-6-16(27-19(20)21)17(8-12)25-3/h4-11,19H,1-3H3/b7-5+. The smallest absolute Gasteiger partial charge is 0.387 e. The fraction of sp³-hybridized carbons (Fsp3) is 0.211. The maximum absolute atomic E-state index is 12.3. The van der Waals surface area contributed by atoms with Crippen LogP contribution >= 0.6 is 0 Å². The fourth-order valence-corrected chi connectivity index (χ4v) is 2.14. The zero-order valence-electron chi connectivity index (χ0n) is 14.9. The molecule has 0 amide bonds. The number of hydrogen-bond acceptors (Lipinski definition) is 6. The first-order chi connectivity index (χ1) is 12.9. The van der Waals surface area contributed by atoms with Crippen LogP contribution < -0.4 is 23.7 Å². The summed E-state index contributed by atoms with van der Waals surface area (Å²) in [4.78, 5) is 12.0. The van der Waals surface area contributed by atoms with Gasteiger partial charge in [-0.1, -0.05) is 6.07 Å². The molecule has 0 radical (unpaired) electrons. The fourth-order valence-electron chi connectivity index (χ4n) is 2.14. The van der Waals surface area contributed by atoms with Gasteiger partial charge in [0.2, 0.25) is 0 Å². The number of methoxy groups -OCH3 is 3. The van der Waals surface area contributed by atoms with Crippen molar-refractivity contribution in [1.29, 1.82) is 0 Å². The Labute approximate surface area is 154 Å². The van der Waals surface area contributed by atoms with Crippen LogP contribution in [0, 0.1) is 0 Å². The second-order valence-electron chi connectivity index (χ2n) is 5.09. The van der Waals surface area contributed by atoms with Crippen LogP contribution in [-0.2, 0) is 4.79 Å². The Kier molecular flexibility index (Phi) is 6.99. The van der Waals surface area contributed by atoms with Gasteiger partial charge in [-0.2, -0.15) is 8.78 Å².